The minimum Gasteiger partial charge on any atom is -0.310 e. The minimum absolute atomic E-state index is 0.316. The Morgan fingerprint density at radius 2 is 2.06 bits per heavy atom. The van der Waals surface area contributed by atoms with Gasteiger partial charge < -0.3 is 5.32 Å². The van der Waals surface area contributed by atoms with Gasteiger partial charge in [-0.05, 0) is 49.6 Å². The molecule has 1 rings (SSSR count). The van der Waals surface area contributed by atoms with E-state index in [-0.39, 0.29) is 0 Å². The normalized spacial score (nSPS) is 12.8. The number of thioether (sulfide) groups is 1. The highest BCUT2D eigenvalue weighted by molar-refractivity contribution is 7.98. The molecule has 0 amide bonds. The van der Waals surface area contributed by atoms with Crippen molar-refractivity contribution in [3.8, 4) is 0 Å². The maximum Gasteiger partial charge on any atom is 0.0595 e. The lowest BCUT2D eigenvalue weighted by Crippen LogP contribution is -2.20. The highest BCUT2D eigenvalue weighted by Gasteiger charge is 2.06. The van der Waals surface area contributed by atoms with Gasteiger partial charge in [0.05, 0.1) is 10.0 Å². The summed E-state index contributed by atoms with van der Waals surface area (Å²) in [5.41, 5.74) is 1.18. The SMILES string of the molecule is CSCCCNC(C)c1ccc(Cl)c(Cl)c1. The van der Waals surface area contributed by atoms with E-state index in [4.69, 9.17) is 23.2 Å². The van der Waals surface area contributed by atoms with Crippen LogP contribution in [0, 0.1) is 0 Å². The van der Waals surface area contributed by atoms with Gasteiger partial charge >= 0.3 is 0 Å². The Morgan fingerprint density at radius 1 is 1.31 bits per heavy atom. The average molecular weight is 278 g/mol. The molecule has 0 saturated heterocycles. The van der Waals surface area contributed by atoms with Crippen LogP contribution in [0.2, 0.25) is 10.0 Å². The Labute approximate surface area is 112 Å². The predicted octanol–water partition coefficient (Wildman–Crippen LogP) is 4.40. The van der Waals surface area contributed by atoms with Crippen molar-refractivity contribution in [3.63, 3.8) is 0 Å². The van der Waals surface area contributed by atoms with E-state index < -0.39 is 0 Å². The van der Waals surface area contributed by atoms with Crippen molar-refractivity contribution in [2.75, 3.05) is 18.6 Å². The topological polar surface area (TPSA) is 12.0 Å². The minimum atomic E-state index is 0.316. The van der Waals surface area contributed by atoms with Crippen LogP contribution < -0.4 is 5.32 Å². The summed E-state index contributed by atoms with van der Waals surface area (Å²) in [5.74, 6) is 1.20. The molecule has 0 aromatic heterocycles. The van der Waals surface area contributed by atoms with Gasteiger partial charge in [-0.1, -0.05) is 29.3 Å². The lowest BCUT2D eigenvalue weighted by Gasteiger charge is -2.14. The van der Waals surface area contributed by atoms with Gasteiger partial charge in [-0.25, -0.2) is 0 Å². The van der Waals surface area contributed by atoms with E-state index in [1.54, 1.807) is 0 Å². The molecule has 0 radical (unpaired) electrons. The molecule has 1 unspecified atom stereocenters. The molecule has 4 heteroatoms. The van der Waals surface area contributed by atoms with Crippen LogP contribution >= 0.6 is 35.0 Å². The monoisotopic (exact) mass is 277 g/mol. The van der Waals surface area contributed by atoms with Crippen LogP contribution in [0.25, 0.3) is 0 Å². The van der Waals surface area contributed by atoms with Crippen LogP contribution in [0.15, 0.2) is 18.2 Å². The van der Waals surface area contributed by atoms with Crippen LogP contribution in [-0.2, 0) is 0 Å². The van der Waals surface area contributed by atoms with Gasteiger partial charge in [0.2, 0.25) is 0 Å². The number of hydrogen-bond acceptors (Lipinski definition) is 2. The maximum atomic E-state index is 5.98. The van der Waals surface area contributed by atoms with Gasteiger partial charge in [-0.2, -0.15) is 11.8 Å². The number of halogens is 2. The highest BCUT2D eigenvalue weighted by Crippen LogP contribution is 2.25. The quantitative estimate of drug-likeness (QED) is 0.774. The molecule has 0 aliphatic heterocycles. The fourth-order valence-electron chi connectivity index (χ4n) is 1.43. The van der Waals surface area contributed by atoms with E-state index >= 15 is 0 Å². The smallest absolute Gasteiger partial charge is 0.0595 e. The summed E-state index contributed by atoms with van der Waals surface area (Å²) in [6, 6.07) is 6.10. The standard InChI is InChI=1S/C12H17Cl2NS/c1-9(15-6-3-7-16-2)10-4-5-11(13)12(14)8-10/h4-5,8-9,15H,3,6-7H2,1-2H3. The largest absolute Gasteiger partial charge is 0.310 e. The van der Waals surface area contributed by atoms with Crippen molar-refractivity contribution >= 4 is 35.0 Å². The first kappa shape index (κ1) is 14.2. The molecule has 0 saturated carbocycles. The van der Waals surface area contributed by atoms with E-state index in [1.807, 2.05) is 30.0 Å². The van der Waals surface area contributed by atoms with Gasteiger partial charge in [0.1, 0.15) is 0 Å². The summed E-state index contributed by atoms with van der Waals surface area (Å²) < 4.78 is 0. The zero-order valence-electron chi connectivity index (χ0n) is 9.59. The Bertz CT molecular complexity index is 331. The molecule has 1 N–H and O–H groups in total. The summed E-state index contributed by atoms with van der Waals surface area (Å²) in [7, 11) is 0. The molecule has 1 atom stereocenters. The molecule has 0 spiro atoms. The number of nitrogens with one attached hydrogen (secondary N) is 1. The van der Waals surface area contributed by atoms with Crippen LogP contribution in [-0.4, -0.2) is 18.6 Å². The second-order valence-corrected chi connectivity index (χ2v) is 5.50. The van der Waals surface area contributed by atoms with Crippen molar-refractivity contribution in [1.82, 2.24) is 5.32 Å². The molecule has 0 bridgehead atoms. The summed E-state index contributed by atoms with van der Waals surface area (Å²) in [6.45, 7) is 3.17. The van der Waals surface area contributed by atoms with E-state index in [2.05, 4.69) is 18.5 Å². The third-order valence-electron chi connectivity index (χ3n) is 2.42. The van der Waals surface area contributed by atoms with Crippen molar-refractivity contribution in [1.29, 1.82) is 0 Å². The van der Waals surface area contributed by atoms with E-state index in [0.29, 0.717) is 16.1 Å². The first-order valence-corrected chi connectivity index (χ1v) is 7.47. The molecule has 1 aromatic rings. The molecule has 1 aromatic carbocycles. The lowest BCUT2D eigenvalue weighted by molar-refractivity contribution is 0.572. The molecular formula is C12H17Cl2NS. The zero-order valence-corrected chi connectivity index (χ0v) is 11.9. The molecule has 16 heavy (non-hydrogen) atoms. The van der Waals surface area contributed by atoms with Crippen molar-refractivity contribution in [2.24, 2.45) is 0 Å². The van der Waals surface area contributed by atoms with Crippen molar-refractivity contribution < 1.29 is 0 Å². The Balaban J connectivity index is 2.46. The fourth-order valence-corrected chi connectivity index (χ4v) is 2.17. The molecule has 90 valence electrons. The van der Waals surface area contributed by atoms with E-state index in [0.717, 1.165) is 6.54 Å². The van der Waals surface area contributed by atoms with Crippen LogP contribution in [0.5, 0.6) is 0 Å². The van der Waals surface area contributed by atoms with Gasteiger partial charge in [-0.15, -0.1) is 0 Å². The zero-order chi connectivity index (χ0) is 12.0. The number of benzene rings is 1. The van der Waals surface area contributed by atoms with Gasteiger partial charge in [0.25, 0.3) is 0 Å². The maximum absolute atomic E-state index is 5.98. The molecular weight excluding hydrogens is 261 g/mol. The van der Waals surface area contributed by atoms with Crippen LogP contribution in [0.1, 0.15) is 24.9 Å². The molecule has 0 aliphatic carbocycles. The third-order valence-corrected chi connectivity index (χ3v) is 3.86. The first-order chi connectivity index (χ1) is 7.65. The molecule has 0 heterocycles. The van der Waals surface area contributed by atoms with Crippen molar-refractivity contribution in [3.05, 3.63) is 33.8 Å². The van der Waals surface area contributed by atoms with Crippen molar-refractivity contribution in [2.45, 2.75) is 19.4 Å². The van der Waals surface area contributed by atoms with E-state index in [9.17, 15) is 0 Å². The van der Waals surface area contributed by atoms with Gasteiger partial charge in [-0.3, -0.25) is 0 Å². The van der Waals surface area contributed by atoms with E-state index in [1.165, 1.54) is 17.7 Å². The van der Waals surface area contributed by atoms with Gasteiger partial charge in [0, 0.05) is 6.04 Å². The van der Waals surface area contributed by atoms with Gasteiger partial charge in [0.15, 0.2) is 0 Å². The fraction of sp³-hybridized carbons (Fsp3) is 0.500. The Hall–Kier alpha value is 0.110. The molecule has 0 fully saturated rings. The summed E-state index contributed by atoms with van der Waals surface area (Å²) >= 11 is 13.7. The van der Waals surface area contributed by atoms with Crippen LogP contribution in [0.3, 0.4) is 0 Å². The Morgan fingerprint density at radius 3 is 2.69 bits per heavy atom. The summed E-state index contributed by atoms with van der Waals surface area (Å²) in [4.78, 5) is 0. The number of rotatable bonds is 6. The second-order valence-electron chi connectivity index (χ2n) is 3.70. The van der Waals surface area contributed by atoms with Crippen LogP contribution in [0.4, 0.5) is 0 Å². The Kier molecular flexibility index (Phi) is 6.59. The molecule has 0 aliphatic rings. The summed E-state index contributed by atoms with van der Waals surface area (Å²) in [6.07, 6.45) is 3.31. The molecule has 1 nitrogen and oxygen atoms in total. The first-order valence-electron chi connectivity index (χ1n) is 5.32. The predicted molar refractivity (Wildman–Crippen MR) is 75.9 cm³/mol. The second kappa shape index (κ2) is 7.44. The highest BCUT2D eigenvalue weighted by atomic mass is 35.5. The average Bonchev–Trinajstić information content (AvgIpc) is 2.28. The number of hydrogen-bond donors (Lipinski definition) is 1. The lowest BCUT2D eigenvalue weighted by atomic mass is 10.1. The third kappa shape index (κ3) is 4.54. The summed E-state index contributed by atoms with van der Waals surface area (Å²) in [5, 5.41) is 4.70.